The summed E-state index contributed by atoms with van der Waals surface area (Å²) in [7, 11) is 0. The van der Waals surface area contributed by atoms with Gasteiger partial charge in [0.05, 0.1) is 0 Å². The molecule has 0 atom stereocenters. The maximum absolute atomic E-state index is 12.9. The molecule has 0 spiro atoms. The standard InChI is InChI=1S/C18H23N5O3/c1-12-19-8-11-23(12)18(17(25)26)6-9-22(10-7-18)16(24)15-13-4-2-3-5-14(13)20-21-15/h8,11H,2-7,9-10H2,1H3,(H,20,21)(H,25,26). The Morgan fingerprint density at radius 2 is 1.96 bits per heavy atom. The number of H-pyrrole nitrogens is 1. The average Bonchev–Trinajstić information content (AvgIpc) is 3.27. The molecule has 1 amide bonds. The van der Waals surface area contributed by atoms with Gasteiger partial charge in [-0.15, -0.1) is 0 Å². The lowest BCUT2D eigenvalue weighted by Gasteiger charge is -2.40. The van der Waals surface area contributed by atoms with Crippen molar-refractivity contribution in [2.75, 3.05) is 13.1 Å². The van der Waals surface area contributed by atoms with E-state index in [-0.39, 0.29) is 5.91 Å². The van der Waals surface area contributed by atoms with Gasteiger partial charge in [-0.2, -0.15) is 5.10 Å². The van der Waals surface area contributed by atoms with Gasteiger partial charge in [-0.05, 0) is 45.4 Å². The second-order valence-electron chi connectivity index (χ2n) is 7.21. The Morgan fingerprint density at radius 1 is 1.23 bits per heavy atom. The fourth-order valence-electron chi connectivity index (χ4n) is 4.28. The first-order valence-corrected chi connectivity index (χ1v) is 9.12. The van der Waals surface area contributed by atoms with Gasteiger partial charge >= 0.3 is 5.97 Å². The van der Waals surface area contributed by atoms with Gasteiger partial charge in [0.1, 0.15) is 11.4 Å². The van der Waals surface area contributed by atoms with Crippen LogP contribution >= 0.6 is 0 Å². The highest BCUT2D eigenvalue weighted by molar-refractivity contribution is 5.94. The third kappa shape index (κ3) is 2.51. The number of carbonyl (C=O) groups is 2. The van der Waals surface area contributed by atoms with Gasteiger partial charge in [0.15, 0.2) is 5.69 Å². The molecule has 2 aromatic rings. The molecule has 2 aromatic heterocycles. The zero-order valence-electron chi connectivity index (χ0n) is 14.9. The van der Waals surface area contributed by atoms with Crippen LogP contribution in [-0.2, 0) is 23.2 Å². The molecule has 0 radical (unpaired) electrons. The summed E-state index contributed by atoms with van der Waals surface area (Å²) in [5.74, 6) is -0.290. The van der Waals surface area contributed by atoms with E-state index in [0.29, 0.717) is 37.4 Å². The summed E-state index contributed by atoms with van der Waals surface area (Å²) >= 11 is 0. The summed E-state index contributed by atoms with van der Waals surface area (Å²) in [5, 5.41) is 17.1. The molecular formula is C18H23N5O3. The van der Waals surface area contributed by atoms with Crippen LogP contribution in [0.25, 0.3) is 0 Å². The molecule has 0 unspecified atom stereocenters. The molecule has 26 heavy (non-hydrogen) atoms. The molecule has 0 bridgehead atoms. The van der Waals surface area contributed by atoms with Crippen LogP contribution in [0.4, 0.5) is 0 Å². The third-order valence-electron chi connectivity index (χ3n) is 5.82. The summed E-state index contributed by atoms with van der Waals surface area (Å²) in [4.78, 5) is 30.9. The van der Waals surface area contributed by atoms with Crippen molar-refractivity contribution in [1.82, 2.24) is 24.6 Å². The van der Waals surface area contributed by atoms with Gasteiger partial charge in [0.2, 0.25) is 0 Å². The molecule has 8 nitrogen and oxygen atoms in total. The predicted octanol–water partition coefficient (Wildman–Crippen LogP) is 1.51. The van der Waals surface area contributed by atoms with Crippen molar-refractivity contribution in [3.63, 3.8) is 0 Å². The summed E-state index contributed by atoms with van der Waals surface area (Å²) in [6.07, 6.45) is 8.08. The summed E-state index contributed by atoms with van der Waals surface area (Å²) < 4.78 is 1.73. The third-order valence-corrected chi connectivity index (χ3v) is 5.82. The Balaban J connectivity index is 1.54. The van der Waals surface area contributed by atoms with Crippen molar-refractivity contribution >= 4 is 11.9 Å². The van der Waals surface area contributed by atoms with Gasteiger partial charge < -0.3 is 14.6 Å². The monoisotopic (exact) mass is 357 g/mol. The van der Waals surface area contributed by atoms with E-state index in [0.717, 1.165) is 36.9 Å². The number of aryl methyl sites for hydroxylation is 2. The van der Waals surface area contributed by atoms with Crippen LogP contribution in [0.2, 0.25) is 0 Å². The van der Waals surface area contributed by atoms with Crippen molar-refractivity contribution in [1.29, 1.82) is 0 Å². The van der Waals surface area contributed by atoms with Gasteiger partial charge in [0, 0.05) is 36.7 Å². The molecule has 1 aliphatic heterocycles. The highest BCUT2D eigenvalue weighted by Gasteiger charge is 2.45. The van der Waals surface area contributed by atoms with Crippen molar-refractivity contribution in [2.24, 2.45) is 0 Å². The first-order valence-electron chi connectivity index (χ1n) is 9.12. The van der Waals surface area contributed by atoms with Crippen LogP contribution in [0.1, 0.15) is 53.3 Å². The fourth-order valence-corrected chi connectivity index (χ4v) is 4.28. The number of aromatic nitrogens is 4. The van der Waals surface area contributed by atoms with E-state index >= 15 is 0 Å². The number of rotatable bonds is 3. The van der Waals surface area contributed by atoms with E-state index in [1.807, 2.05) is 0 Å². The largest absolute Gasteiger partial charge is 0.479 e. The molecule has 0 saturated carbocycles. The number of carbonyl (C=O) groups excluding carboxylic acids is 1. The number of hydrogen-bond donors (Lipinski definition) is 2. The maximum Gasteiger partial charge on any atom is 0.330 e. The van der Waals surface area contributed by atoms with Crippen molar-refractivity contribution in [3.05, 3.63) is 35.2 Å². The fraction of sp³-hybridized carbons (Fsp3) is 0.556. The van der Waals surface area contributed by atoms with E-state index in [4.69, 9.17) is 0 Å². The summed E-state index contributed by atoms with van der Waals surface area (Å²) in [6, 6.07) is 0. The number of carboxylic acid groups (broad SMARTS) is 1. The van der Waals surface area contributed by atoms with E-state index in [1.54, 1.807) is 28.8 Å². The summed E-state index contributed by atoms with van der Waals surface area (Å²) in [6.45, 7) is 2.59. The molecule has 1 saturated heterocycles. The minimum Gasteiger partial charge on any atom is -0.479 e. The number of carboxylic acids is 1. The van der Waals surface area contributed by atoms with Crippen molar-refractivity contribution in [2.45, 2.75) is 51.0 Å². The van der Waals surface area contributed by atoms with Crippen molar-refractivity contribution < 1.29 is 14.7 Å². The Labute approximate surface area is 151 Å². The molecule has 8 heteroatoms. The van der Waals surface area contributed by atoms with Crippen molar-refractivity contribution in [3.8, 4) is 0 Å². The lowest BCUT2D eigenvalue weighted by Crippen LogP contribution is -2.52. The van der Waals surface area contributed by atoms with Gasteiger partial charge in [-0.3, -0.25) is 9.89 Å². The zero-order valence-corrected chi connectivity index (χ0v) is 14.9. The molecule has 138 valence electrons. The lowest BCUT2D eigenvalue weighted by molar-refractivity contribution is -0.150. The van der Waals surface area contributed by atoms with Crippen LogP contribution in [0.5, 0.6) is 0 Å². The van der Waals surface area contributed by atoms with Crippen LogP contribution in [0.15, 0.2) is 12.4 Å². The second kappa shape index (κ2) is 6.26. The van der Waals surface area contributed by atoms with E-state index in [9.17, 15) is 14.7 Å². The topological polar surface area (TPSA) is 104 Å². The summed E-state index contributed by atoms with van der Waals surface area (Å²) in [5.41, 5.74) is 1.59. The number of nitrogens with zero attached hydrogens (tertiary/aromatic N) is 4. The van der Waals surface area contributed by atoms with E-state index < -0.39 is 11.5 Å². The lowest BCUT2D eigenvalue weighted by atomic mass is 9.86. The Morgan fingerprint density at radius 3 is 2.62 bits per heavy atom. The molecule has 3 heterocycles. The highest BCUT2D eigenvalue weighted by atomic mass is 16.4. The Kier molecular flexibility index (Phi) is 4.05. The molecule has 1 aliphatic carbocycles. The van der Waals surface area contributed by atoms with Gasteiger partial charge in [-0.25, -0.2) is 9.78 Å². The quantitative estimate of drug-likeness (QED) is 0.866. The normalized spacial score (nSPS) is 19.2. The number of hydrogen-bond acceptors (Lipinski definition) is 4. The van der Waals surface area contributed by atoms with E-state index in [1.165, 1.54) is 0 Å². The molecule has 1 fully saturated rings. The first kappa shape index (κ1) is 16.8. The zero-order chi connectivity index (χ0) is 18.3. The number of aromatic amines is 1. The number of amides is 1. The number of piperidine rings is 1. The molecular weight excluding hydrogens is 334 g/mol. The van der Waals surface area contributed by atoms with Crippen LogP contribution in [-0.4, -0.2) is 54.7 Å². The number of aliphatic carboxylic acids is 1. The maximum atomic E-state index is 12.9. The predicted molar refractivity (Wildman–Crippen MR) is 92.9 cm³/mol. The number of nitrogens with one attached hydrogen (secondary N) is 1. The van der Waals surface area contributed by atoms with Crippen LogP contribution < -0.4 is 0 Å². The molecule has 0 aromatic carbocycles. The average molecular weight is 357 g/mol. The van der Waals surface area contributed by atoms with Crippen LogP contribution in [0.3, 0.4) is 0 Å². The second-order valence-corrected chi connectivity index (χ2v) is 7.21. The SMILES string of the molecule is Cc1nccn1C1(C(=O)O)CCN(C(=O)c2n[nH]c3c2CCCC3)CC1. The molecule has 2 aliphatic rings. The highest BCUT2D eigenvalue weighted by Crippen LogP contribution is 2.33. The number of imidazole rings is 1. The van der Waals surface area contributed by atoms with Crippen LogP contribution in [0, 0.1) is 6.92 Å². The smallest absolute Gasteiger partial charge is 0.330 e. The Bertz CT molecular complexity index is 845. The number of likely N-dealkylation sites (tertiary alicyclic amines) is 1. The molecule has 4 rings (SSSR count). The minimum atomic E-state index is -1.04. The molecule has 2 N–H and O–H groups in total. The minimum absolute atomic E-state index is 0.0919. The van der Waals surface area contributed by atoms with E-state index in [2.05, 4.69) is 15.2 Å². The van der Waals surface area contributed by atoms with Gasteiger partial charge in [0.25, 0.3) is 5.91 Å². The first-order chi connectivity index (χ1) is 12.5. The Hall–Kier alpha value is -2.64. The number of fused-ring (bicyclic) bond motifs is 1. The van der Waals surface area contributed by atoms with Gasteiger partial charge in [-0.1, -0.05) is 0 Å².